The maximum Gasteiger partial charge on any atom is 0.259 e. The van der Waals surface area contributed by atoms with Crippen molar-refractivity contribution in [2.45, 2.75) is 33.8 Å². The average molecular weight is 389 g/mol. The summed E-state index contributed by atoms with van der Waals surface area (Å²) in [6.45, 7) is 8.56. The van der Waals surface area contributed by atoms with Crippen molar-refractivity contribution in [2.24, 2.45) is 0 Å². The summed E-state index contributed by atoms with van der Waals surface area (Å²) in [4.78, 5) is 19.1. The normalized spacial score (nSPS) is 10.7. The highest BCUT2D eigenvalue weighted by molar-refractivity contribution is 6.06. The fourth-order valence-electron chi connectivity index (χ4n) is 3.08. The number of carbonyl (C=O) groups is 1. The van der Waals surface area contributed by atoms with Gasteiger partial charge in [-0.2, -0.15) is 0 Å². The van der Waals surface area contributed by atoms with Crippen LogP contribution in [0.15, 0.2) is 67.0 Å². The Morgan fingerprint density at radius 1 is 1.07 bits per heavy atom. The van der Waals surface area contributed by atoms with Crippen LogP contribution in [0.4, 0.5) is 17.1 Å². The summed E-state index contributed by atoms with van der Waals surface area (Å²) in [7, 11) is 0. The van der Waals surface area contributed by atoms with Crippen LogP contribution in [0.5, 0.6) is 5.75 Å². The smallest absolute Gasteiger partial charge is 0.259 e. The van der Waals surface area contributed by atoms with Crippen molar-refractivity contribution in [1.29, 1.82) is 0 Å². The number of aryl methyl sites for hydroxylation is 1. The maximum absolute atomic E-state index is 13.1. The van der Waals surface area contributed by atoms with E-state index in [9.17, 15) is 4.79 Å². The number of rotatable bonds is 7. The number of carbonyl (C=O) groups excluding carboxylic acids is 1. The second kappa shape index (κ2) is 9.24. The largest absolute Gasteiger partial charge is 0.491 e. The van der Waals surface area contributed by atoms with Crippen LogP contribution in [-0.4, -0.2) is 23.5 Å². The van der Waals surface area contributed by atoms with Gasteiger partial charge in [0.25, 0.3) is 5.91 Å². The van der Waals surface area contributed by atoms with E-state index in [1.165, 1.54) is 0 Å². The van der Waals surface area contributed by atoms with Crippen molar-refractivity contribution in [3.05, 3.63) is 78.1 Å². The molecule has 5 nitrogen and oxygen atoms in total. The molecule has 1 aromatic heterocycles. The lowest BCUT2D eigenvalue weighted by Gasteiger charge is -2.21. The summed E-state index contributed by atoms with van der Waals surface area (Å²) in [6, 6.07) is 17.5. The Hall–Kier alpha value is -3.34. The van der Waals surface area contributed by atoms with Gasteiger partial charge in [0.15, 0.2) is 0 Å². The molecule has 3 aromatic rings. The van der Waals surface area contributed by atoms with Gasteiger partial charge in [-0.1, -0.05) is 12.1 Å². The number of anilines is 3. The van der Waals surface area contributed by atoms with Crippen LogP contribution in [0, 0.1) is 6.92 Å². The predicted octanol–water partition coefficient (Wildman–Crippen LogP) is 5.59. The van der Waals surface area contributed by atoms with Crippen molar-refractivity contribution < 1.29 is 9.53 Å². The number of amides is 1. The fourth-order valence-corrected chi connectivity index (χ4v) is 3.08. The molecule has 0 unspecified atom stereocenters. The van der Waals surface area contributed by atoms with E-state index in [1.54, 1.807) is 17.3 Å². The SMILES string of the molecule is CCN(C(=O)c1cncc(Nc2ccc(OC(C)C)cc2)c1)c1cccc(C)c1. The molecule has 3 rings (SSSR count). The van der Waals surface area contributed by atoms with E-state index in [0.717, 1.165) is 28.4 Å². The van der Waals surface area contributed by atoms with Gasteiger partial charge in [0.1, 0.15) is 5.75 Å². The molecule has 0 spiro atoms. The zero-order chi connectivity index (χ0) is 20.8. The highest BCUT2D eigenvalue weighted by Gasteiger charge is 2.17. The Morgan fingerprint density at radius 3 is 2.48 bits per heavy atom. The lowest BCUT2D eigenvalue weighted by molar-refractivity contribution is 0.0988. The first-order valence-corrected chi connectivity index (χ1v) is 9.83. The molecule has 0 saturated heterocycles. The zero-order valence-corrected chi connectivity index (χ0v) is 17.3. The molecule has 0 radical (unpaired) electrons. The average Bonchev–Trinajstić information content (AvgIpc) is 2.70. The number of hydrogen-bond donors (Lipinski definition) is 1. The van der Waals surface area contributed by atoms with Crippen LogP contribution in [0.1, 0.15) is 36.7 Å². The van der Waals surface area contributed by atoms with Crippen LogP contribution in [-0.2, 0) is 0 Å². The molecule has 0 saturated carbocycles. The third kappa shape index (κ3) is 5.35. The lowest BCUT2D eigenvalue weighted by atomic mass is 10.1. The molecule has 2 aromatic carbocycles. The second-order valence-corrected chi connectivity index (χ2v) is 7.17. The van der Waals surface area contributed by atoms with E-state index in [1.807, 2.05) is 82.3 Å². The van der Waals surface area contributed by atoms with Gasteiger partial charge in [-0.3, -0.25) is 9.78 Å². The van der Waals surface area contributed by atoms with Crippen molar-refractivity contribution >= 4 is 23.0 Å². The molecule has 0 aliphatic rings. The summed E-state index contributed by atoms with van der Waals surface area (Å²) in [5.41, 5.74) is 4.20. The molecule has 5 heteroatoms. The Kier molecular flexibility index (Phi) is 6.50. The van der Waals surface area contributed by atoms with Gasteiger partial charge in [0.2, 0.25) is 0 Å². The number of aromatic nitrogens is 1. The number of nitrogens with one attached hydrogen (secondary N) is 1. The van der Waals surface area contributed by atoms with E-state index in [4.69, 9.17) is 4.74 Å². The van der Waals surface area contributed by atoms with Crippen LogP contribution >= 0.6 is 0 Å². The molecule has 0 fully saturated rings. The lowest BCUT2D eigenvalue weighted by Crippen LogP contribution is -2.30. The molecule has 0 atom stereocenters. The third-order valence-corrected chi connectivity index (χ3v) is 4.37. The van der Waals surface area contributed by atoms with Crippen molar-refractivity contribution in [1.82, 2.24) is 4.98 Å². The first-order valence-electron chi connectivity index (χ1n) is 9.83. The number of nitrogens with zero attached hydrogens (tertiary/aromatic N) is 2. The highest BCUT2D eigenvalue weighted by Crippen LogP contribution is 2.23. The predicted molar refractivity (Wildman–Crippen MR) is 118 cm³/mol. The van der Waals surface area contributed by atoms with Crippen LogP contribution in [0.2, 0.25) is 0 Å². The summed E-state index contributed by atoms with van der Waals surface area (Å²) in [5.74, 6) is 0.749. The second-order valence-electron chi connectivity index (χ2n) is 7.17. The summed E-state index contributed by atoms with van der Waals surface area (Å²) < 4.78 is 5.67. The fraction of sp³-hybridized carbons (Fsp3) is 0.250. The zero-order valence-electron chi connectivity index (χ0n) is 17.3. The minimum atomic E-state index is -0.0741. The highest BCUT2D eigenvalue weighted by atomic mass is 16.5. The third-order valence-electron chi connectivity index (χ3n) is 4.37. The first-order chi connectivity index (χ1) is 14.0. The van der Waals surface area contributed by atoms with Gasteiger partial charge in [-0.05, 0) is 75.7 Å². The van der Waals surface area contributed by atoms with E-state index in [0.29, 0.717) is 12.1 Å². The Labute approximate surface area is 172 Å². The van der Waals surface area contributed by atoms with E-state index in [2.05, 4.69) is 10.3 Å². The molecule has 1 heterocycles. The standard InChI is InChI=1S/C24H27N3O2/c1-5-27(22-8-6-7-18(4)13-22)24(28)19-14-21(16-25-15-19)26-20-9-11-23(12-10-20)29-17(2)3/h6-17,26H,5H2,1-4H3. The van der Waals surface area contributed by atoms with Crippen molar-refractivity contribution in [3.63, 3.8) is 0 Å². The molecule has 1 N–H and O–H groups in total. The molecule has 1 amide bonds. The number of hydrogen-bond acceptors (Lipinski definition) is 4. The Morgan fingerprint density at radius 2 is 1.83 bits per heavy atom. The quantitative estimate of drug-likeness (QED) is 0.572. The number of pyridine rings is 1. The molecule has 0 bridgehead atoms. The Balaban J connectivity index is 1.77. The summed E-state index contributed by atoms with van der Waals surface area (Å²) in [5, 5.41) is 3.30. The molecule has 0 aliphatic carbocycles. The first kappa shape index (κ1) is 20.4. The summed E-state index contributed by atoms with van der Waals surface area (Å²) >= 11 is 0. The molecule has 0 aliphatic heterocycles. The van der Waals surface area contributed by atoms with Crippen LogP contribution in [0.25, 0.3) is 0 Å². The molecule has 150 valence electrons. The minimum Gasteiger partial charge on any atom is -0.491 e. The maximum atomic E-state index is 13.1. The number of benzene rings is 2. The topological polar surface area (TPSA) is 54.5 Å². The van der Waals surface area contributed by atoms with Gasteiger partial charge in [0.05, 0.1) is 23.6 Å². The van der Waals surface area contributed by atoms with Crippen molar-refractivity contribution in [3.8, 4) is 5.75 Å². The minimum absolute atomic E-state index is 0.0741. The van der Waals surface area contributed by atoms with Gasteiger partial charge in [-0.25, -0.2) is 0 Å². The van der Waals surface area contributed by atoms with Gasteiger partial charge in [0, 0.05) is 24.1 Å². The van der Waals surface area contributed by atoms with Gasteiger partial charge >= 0.3 is 0 Å². The van der Waals surface area contributed by atoms with E-state index >= 15 is 0 Å². The van der Waals surface area contributed by atoms with Gasteiger partial charge < -0.3 is 15.0 Å². The monoisotopic (exact) mass is 389 g/mol. The van der Waals surface area contributed by atoms with E-state index in [-0.39, 0.29) is 12.0 Å². The van der Waals surface area contributed by atoms with Crippen LogP contribution in [0.3, 0.4) is 0 Å². The van der Waals surface area contributed by atoms with Crippen molar-refractivity contribution in [2.75, 3.05) is 16.8 Å². The number of ether oxygens (including phenoxy) is 1. The Bertz CT molecular complexity index is 968. The van der Waals surface area contributed by atoms with Crippen LogP contribution < -0.4 is 15.0 Å². The summed E-state index contributed by atoms with van der Waals surface area (Å²) in [6.07, 6.45) is 3.44. The molecule has 29 heavy (non-hydrogen) atoms. The molecular formula is C24H27N3O2. The molecular weight excluding hydrogens is 362 g/mol. The van der Waals surface area contributed by atoms with Gasteiger partial charge in [-0.15, -0.1) is 0 Å². The van der Waals surface area contributed by atoms with E-state index < -0.39 is 0 Å².